The molecule has 0 radical (unpaired) electrons. The maximum absolute atomic E-state index is 13.8. The van der Waals surface area contributed by atoms with E-state index in [-0.39, 0.29) is 24.0 Å². The van der Waals surface area contributed by atoms with Gasteiger partial charge in [-0.1, -0.05) is 79.6 Å². The highest BCUT2D eigenvalue weighted by Gasteiger charge is 2.64. The molecular weight excluding hydrogens is 680 g/mol. The number of aromatic hydroxyl groups is 1. The number of benzene rings is 1. The van der Waals surface area contributed by atoms with Crippen molar-refractivity contribution in [3.63, 3.8) is 0 Å². The average molecular weight is 761 g/mol. The number of fused-ring (bicyclic) bond motifs is 5. The zero-order chi connectivity index (χ0) is 51.1. The SMILES string of the molecule is [2H]C([2H])([C@@H]1Cc2cc(O)c(C)cc2[C@@H]2[C@@H]1[C@@H]1CC[C@H](O)[C@@]1(C(C)C)CC2(C)C)C([2H])(C)C([2H])([2H])C([2H])(C)C([2H])([2H])C([2H])(C)C([2H])([2H])C([2H])(C)C([2H])([2H])[S+]([O-])CC(C)CC(F)(F)C(F)(F)F. The third-order valence-corrected chi connectivity index (χ3v) is 12.9. The molecule has 12 atom stereocenters. The third kappa shape index (κ3) is 9.26. The highest BCUT2D eigenvalue weighted by Crippen LogP contribution is 2.70. The Morgan fingerprint density at radius 2 is 1.55 bits per heavy atom. The lowest BCUT2D eigenvalue weighted by Gasteiger charge is -2.62. The van der Waals surface area contributed by atoms with E-state index in [1.165, 1.54) is 6.07 Å². The predicted octanol–water partition coefficient (Wildman–Crippen LogP) is 11.5. The number of aryl methyl sites for hydroxylation is 1. The number of alkyl halides is 5. The van der Waals surface area contributed by atoms with E-state index in [1.807, 2.05) is 33.8 Å². The summed E-state index contributed by atoms with van der Waals surface area (Å²) >= 11 is -3.24. The molecule has 6 unspecified atom stereocenters. The Morgan fingerprint density at radius 1 is 0.961 bits per heavy atom. The second kappa shape index (κ2) is 16.0. The van der Waals surface area contributed by atoms with Gasteiger partial charge in [-0.3, -0.25) is 0 Å². The average Bonchev–Trinajstić information content (AvgIpc) is 3.45. The Balaban J connectivity index is 1.83. The van der Waals surface area contributed by atoms with Crippen molar-refractivity contribution >= 4 is 11.2 Å². The number of hydrogen-bond donors (Lipinski definition) is 2. The van der Waals surface area contributed by atoms with Crippen molar-refractivity contribution in [1.82, 2.24) is 0 Å². The minimum atomic E-state index is -6.00. The highest BCUT2D eigenvalue weighted by atomic mass is 32.2. The number of hydrogen-bond acceptors (Lipinski definition) is 3. The maximum Gasteiger partial charge on any atom is 0.453 e. The van der Waals surface area contributed by atoms with E-state index in [4.69, 9.17) is 6.85 Å². The summed E-state index contributed by atoms with van der Waals surface area (Å²) < 4.78 is 210. The molecule has 2 saturated carbocycles. The molecule has 0 bridgehead atoms. The lowest BCUT2D eigenvalue weighted by molar-refractivity contribution is -0.287. The first-order valence-electron chi connectivity index (χ1n) is 24.9. The van der Waals surface area contributed by atoms with Crippen molar-refractivity contribution < 1.29 is 55.9 Å². The molecule has 294 valence electrons. The number of aliphatic hydroxyl groups is 1. The van der Waals surface area contributed by atoms with Crippen molar-refractivity contribution in [3.05, 3.63) is 28.8 Å². The number of phenolic OH excluding ortho intramolecular Hbond substituents is 1. The van der Waals surface area contributed by atoms with Crippen LogP contribution in [0.5, 0.6) is 5.75 Å². The minimum absolute atomic E-state index is 0.0741. The Kier molecular flexibility index (Phi) is 8.36. The summed E-state index contributed by atoms with van der Waals surface area (Å²) in [6.07, 6.45) is -21.9. The van der Waals surface area contributed by atoms with Crippen molar-refractivity contribution in [3.8, 4) is 5.75 Å². The van der Waals surface area contributed by atoms with Crippen LogP contribution in [0.3, 0.4) is 0 Å². The first-order chi connectivity index (χ1) is 28.6. The van der Waals surface area contributed by atoms with Crippen LogP contribution in [0.2, 0.25) is 0 Å². The minimum Gasteiger partial charge on any atom is -0.616 e. The van der Waals surface area contributed by atoms with Crippen LogP contribution >= 0.6 is 0 Å². The second-order valence-corrected chi connectivity index (χ2v) is 17.7. The van der Waals surface area contributed by atoms with E-state index in [0.29, 0.717) is 51.2 Å². The molecule has 9 heteroatoms. The van der Waals surface area contributed by atoms with Crippen molar-refractivity contribution in [2.24, 2.45) is 64.0 Å². The van der Waals surface area contributed by atoms with Gasteiger partial charge in [0, 0.05) is 40.1 Å². The van der Waals surface area contributed by atoms with Crippen LogP contribution in [0, 0.1) is 70.9 Å². The number of phenols is 1. The van der Waals surface area contributed by atoms with Gasteiger partial charge in [-0.2, -0.15) is 22.0 Å². The summed E-state index contributed by atoms with van der Waals surface area (Å²) in [7, 11) is 0. The standard InChI is InChI=1S/C42H67F5O3S/c1-24(2)40-23-39(9,10)38-33-17-30(8)35(48)19-31(33)18-32(37(38)34(40)11-12-36(40)49)16-27(5)14-25(3)13-26(4)15-28(6)21-51(50)22-29(7)20-41(43,44)42(45,46)47/h17,19,24-29,32,34,36-38,48-49H,11-16,18,20-23H2,1-10H3/t25?,26?,27?,28?,29?,32-,34+,36+,37+,38-,40-,51?/m1/s1/i13D2,14D2,15D2,16D2,21D2,25D,26D,27D,28D. The maximum atomic E-state index is 13.8. The van der Waals surface area contributed by atoms with Crippen LogP contribution in [0.4, 0.5) is 22.0 Å². The molecule has 3 aliphatic carbocycles. The molecule has 2 fully saturated rings. The molecule has 1 aromatic rings. The fourth-order valence-electron chi connectivity index (χ4n) is 9.81. The Bertz CT molecular complexity index is 1940. The Labute approximate surface area is 328 Å². The van der Waals surface area contributed by atoms with Gasteiger partial charge in [-0.05, 0) is 134 Å². The van der Waals surface area contributed by atoms with Gasteiger partial charge in [-0.15, -0.1) is 0 Å². The van der Waals surface area contributed by atoms with Crippen LogP contribution in [0.1, 0.15) is 155 Å². The largest absolute Gasteiger partial charge is 0.616 e. The fraction of sp³-hybridized carbons (Fsp3) is 0.857. The summed E-state index contributed by atoms with van der Waals surface area (Å²) in [5, 5.41) is 22.6. The number of halogens is 5. The van der Waals surface area contributed by atoms with Crippen molar-refractivity contribution in [2.45, 2.75) is 151 Å². The molecule has 0 heterocycles. The molecule has 2 N–H and O–H groups in total. The number of aliphatic hydroxyl groups excluding tert-OH is 1. The first-order valence-corrected chi connectivity index (χ1v) is 19.2. The number of rotatable bonds is 15. The van der Waals surface area contributed by atoms with Gasteiger partial charge in [0.25, 0.3) is 0 Å². The van der Waals surface area contributed by atoms with Gasteiger partial charge < -0.3 is 14.8 Å². The van der Waals surface area contributed by atoms with Crippen molar-refractivity contribution in [2.75, 3.05) is 11.5 Å². The Hall–Kier alpha value is -1.06. The van der Waals surface area contributed by atoms with Crippen LogP contribution in [-0.2, 0) is 17.6 Å². The van der Waals surface area contributed by atoms with E-state index >= 15 is 0 Å². The van der Waals surface area contributed by atoms with E-state index < -0.39 is 131 Å². The normalized spacial score (nSPS) is 39.2. The second-order valence-electron chi connectivity index (χ2n) is 16.5. The van der Waals surface area contributed by atoms with Crippen LogP contribution < -0.4 is 0 Å². The Morgan fingerprint density at radius 3 is 2.14 bits per heavy atom. The highest BCUT2D eigenvalue weighted by molar-refractivity contribution is 7.91. The van der Waals surface area contributed by atoms with Gasteiger partial charge in [0.05, 0.1) is 8.85 Å². The molecule has 4 rings (SSSR count). The van der Waals surface area contributed by atoms with Gasteiger partial charge in [-0.25, -0.2) is 0 Å². The van der Waals surface area contributed by atoms with Crippen molar-refractivity contribution in [1.29, 1.82) is 0 Å². The molecule has 0 spiro atoms. The molecule has 0 aromatic heterocycles. The summed E-state index contributed by atoms with van der Waals surface area (Å²) in [6, 6.07) is 3.37. The monoisotopic (exact) mass is 761 g/mol. The summed E-state index contributed by atoms with van der Waals surface area (Å²) in [5.74, 6) is -25.0. The van der Waals surface area contributed by atoms with E-state index in [1.54, 1.807) is 6.92 Å². The van der Waals surface area contributed by atoms with Gasteiger partial charge >= 0.3 is 12.1 Å². The lowest BCUT2D eigenvalue weighted by atomic mass is 9.42. The summed E-state index contributed by atoms with van der Waals surface area (Å²) in [4.78, 5) is 0. The summed E-state index contributed by atoms with van der Waals surface area (Å²) in [6.45, 7) is 13.0. The molecule has 3 nitrogen and oxygen atoms in total. The molecule has 51 heavy (non-hydrogen) atoms. The molecule has 1 aromatic carbocycles. The van der Waals surface area contributed by atoms with Gasteiger partial charge in [0.1, 0.15) is 17.2 Å². The molecule has 3 aliphatic rings. The van der Waals surface area contributed by atoms with E-state index in [2.05, 4.69) is 0 Å². The van der Waals surface area contributed by atoms with Gasteiger partial charge in [0.2, 0.25) is 0 Å². The topological polar surface area (TPSA) is 63.5 Å². The zero-order valence-corrected chi connectivity index (χ0v) is 32.4. The van der Waals surface area contributed by atoms with Crippen LogP contribution in [0.25, 0.3) is 0 Å². The molecule has 0 saturated heterocycles. The molecular formula is C42H67F5O3S. The van der Waals surface area contributed by atoms with Crippen LogP contribution in [0.15, 0.2) is 12.1 Å². The quantitative estimate of drug-likeness (QED) is 0.138. The molecule has 0 amide bonds. The smallest absolute Gasteiger partial charge is 0.453 e. The van der Waals surface area contributed by atoms with Crippen LogP contribution in [-0.4, -0.2) is 44.4 Å². The first kappa shape index (κ1) is 26.7. The predicted molar refractivity (Wildman–Crippen MR) is 198 cm³/mol. The van der Waals surface area contributed by atoms with E-state index in [0.717, 1.165) is 19.4 Å². The fourth-order valence-corrected chi connectivity index (χ4v) is 10.9. The zero-order valence-electron chi connectivity index (χ0n) is 45.5. The van der Waals surface area contributed by atoms with Gasteiger partial charge in [0.15, 0.2) is 0 Å². The van der Waals surface area contributed by atoms with E-state index in [9.17, 15) is 49.1 Å². The third-order valence-electron chi connectivity index (χ3n) is 11.5. The molecule has 0 aliphatic heterocycles. The summed E-state index contributed by atoms with van der Waals surface area (Å²) in [5.41, 5.74) is -3.10. The lowest BCUT2D eigenvalue weighted by Crippen LogP contribution is -2.57.